The van der Waals surface area contributed by atoms with E-state index in [2.05, 4.69) is 24.5 Å². The maximum absolute atomic E-state index is 14.5. The number of esters is 1. The van der Waals surface area contributed by atoms with Crippen molar-refractivity contribution in [3.05, 3.63) is 65.7 Å². The van der Waals surface area contributed by atoms with Gasteiger partial charge in [-0.3, -0.25) is 9.59 Å². The molecule has 46 heavy (non-hydrogen) atoms. The molecule has 3 N–H and O–H groups in total. The molecule has 0 aliphatic carbocycles. The van der Waals surface area contributed by atoms with Crippen LogP contribution in [0.2, 0.25) is 0 Å². The Kier molecular flexibility index (Phi) is 13.6. The third-order valence-corrected chi connectivity index (χ3v) is 7.04. The van der Waals surface area contributed by atoms with Crippen molar-refractivity contribution in [2.45, 2.75) is 124 Å². The van der Waals surface area contributed by atoms with Gasteiger partial charge >= 0.3 is 12.1 Å². The normalized spacial score (nSPS) is 14.4. The number of para-hydroxylation sites is 1. The van der Waals surface area contributed by atoms with Gasteiger partial charge < -0.3 is 30.1 Å². The molecule has 0 spiro atoms. The molecule has 254 valence electrons. The Morgan fingerprint density at radius 3 is 1.89 bits per heavy atom. The maximum Gasteiger partial charge on any atom is 0.408 e. The summed E-state index contributed by atoms with van der Waals surface area (Å²) in [5, 5.41) is 16.4. The maximum atomic E-state index is 14.5. The summed E-state index contributed by atoms with van der Waals surface area (Å²) in [6, 6.07) is 11.5. The van der Waals surface area contributed by atoms with Crippen molar-refractivity contribution in [3.63, 3.8) is 0 Å². The molecule has 4 unspecified atom stereocenters. The second-order valence-corrected chi connectivity index (χ2v) is 14.2. The van der Waals surface area contributed by atoms with Crippen LogP contribution in [-0.2, 0) is 30.3 Å². The number of hydrogen-bond donors (Lipinski definition) is 3. The fraction of sp³-hybridized carbons (Fsp3) is 0.556. The molecule has 0 saturated carbocycles. The van der Waals surface area contributed by atoms with E-state index in [1.54, 1.807) is 59.7 Å². The Hall–Kier alpha value is -4.08. The van der Waals surface area contributed by atoms with Crippen molar-refractivity contribution in [3.8, 4) is 5.75 Å². The standard InChI is InChI=1S/C36H53N3O7/c1-23(2)20-21-24(3)39(32(42)25(4)37-34(44)46-36(8,9)10)30(27-18-14-15-19-29(27)40)31(41)38-28(33(43)45-35(5,6)7)22-26-16-12-11-13-17-26/h11-19,23-25,28,30,40H,20-22H2,1-10H3,(H,37,44)(H,38,41). The van der Waals surface area contributed by atoms with Gasteiger partial charge in [0.1, 0.15) is 35.1 Å². The van der Waals surface area contributed by atoms with Crippen LogP contribution >= 0.6 is 0 Å². The van der Waals surface area contributed by atoms with Crippen LogP contribution in [0.3, 0.4) is 0 Å². The molecule has 4 atom stereocenters. The fourth-order valence-electron chi connectivity index (χ4n) is 4.89. The topological polar surface area (TPSA) is 134 Å². The van der Waals surface area contributed by atoms with Gasteiger partial charge in [0.2, 0.25) is 11.8 Å². The summed E-state index contributed by atoms with van der Waals surface area (Å²) in [6.45, 7) is 17.9. The summed E-state index contributed by atoms with van der Waals surface area (Å²) in [5.74, 6) is -1.74. The van der Waals surface area contributed by atoms with E-state index in [-0.39, 0.29) is 17.7 Å². The Morgan fingerprint density at radius 1 is 0.783 bits per heavy atom. The SMILES string of the molecule is CC(C)CCC(C)N(C(=O)C(C)NC(=O)OC(C)(C)C)C(C(=O)NC(Cc1ccccc1)C(=O)OC(C)(C)C)c1ccccc1O. The van der Waals surface area contributed by atoms with Crippen LogP contribution in [-0.4, -0.2) is 63.2 Å². The predicted molar refractivity (Wildman–Crippen MR) is 178 cm³/mol. The molecule has 0 aromatic heterocycles. The summed E-state index contributed by atoms with van der Waals surface area (Å²) in [6.07, 6.45) is 0.657. The lowest BCUT2D eigenvalue weighted by atomic mass is 9.96. The zero-order valence-corrected chi connectivity index (χ0v) is 29.0. The number of hydrogen-bond acceptors (Lipinski definition) is 7. The van der Waals surface area contributed by atoms with Crippen LogP contribution in [0.1, 0.15) is 99.2 Å². The van der Waals surface area contributed by atoms with E-state index in [4.69, 9.17) is 9.47 Å². The van der Waals surface area contributed by atoms with E-state index in [0.717, 1.165) is 12.0 Å². The van der Waals surface area contributed by atoms with Crippen molar-refractivity contribution in [1.82, 2.24) is 15.5 Å². The first kappa shape index (κ1) is 38.1. The summed E-state index contributed by atoms with van der Waals surface area (Å²) >= 11 is 0. The first-order valence-corrected chi connectivity index (χ1v) is 16.0. The van der Waals surface area contributed by atoms with Crippen molar-refractivity contribution >= 4 is 23.9 Å². The largest absolute Gasteiger partial charge is 0.508 e. The summed E-state index contributed by atoms with van der Waals surface area (Å²) in [5.41, 5.74) is -0.627. The molecule has 0 aliphatic heterocycles. The summed E-state index contributed by atoms with van der Waals surface area (Å²) in [4.78, 5) is 56.2. The Bertz CT molecular complexity index is 1310. The smallest absolute Gasteiger partial charge is 0.408 e. The molecule has 0 saturated heterocycles. The van der Waals surface area contributed by atoms with Gasteiger partial charge in [0, 0.05) is 18.0 Å². The lowest BCUT2D eigenvalue weighted by Gasteiger charge is -2.39. The zero-order chi connectivity index (χ0) is 34.8. The van der Waals surface area contributed by atoms with Gasteiger partial charge in [-0.05, 0) is 85.8 Å². The van der Waals surface area contributed by atoms with E-state index in [9.17, 15) is 24.3 Å². The number of aromatic hydroxyl groups is 1. The van der Waals surface area contributed by atoms with E-state index in [0.29, 0.717) is 12.3 Å². The van der Waals surface area contributed by atoms with Crippen molar-refractivity contribution in [2.24, 2.45) is 5.92 Å². The third-order valence-electron chi connectivity index (χ3n) is 7.04. The average molecular weight is 640 g/mol. The number of nitrogens with zero attached hydrogens (tertiary/aromatic N) is 1. The molecule has 0 aliphatic rings. The molecule has 10 heteroatoms. The van der Waals surface area contributed by atoms with Crippen LogP contribution < -0.4 is 10.6 Å². The van der Waals surface area contributed by atoms with Gasteiger partial charge in [-0.1, -0.05) is 62.4 Å². The minimum Gasteiger partial charge on any atom is -0.508 e. The lowest BCUT2D eigenvalue weighted by Crippen LogP contribution is -2.56. The van der Waals surface area contributed by atoms with Gasteiger partial charge in [0.05, 0.1) is 0 Å². The minimum atomic E-state index is -1.35. The van der Waals surface area contributed by atoms with Crippen LogP contribution in [0, 0.1) is 5.92 Å². The Labute approximate surface area is 274 Å². The predicted octanol–water partition coefficient (Wildman–Crippen LogP) is 6.07. The Balaban J connectivity index is 2.62. The third kappa shape index (κ3) is 12.4. The van der Waals surface area contributed by atoms with Gasteiger partial charge in [-0.2, -0.15) is 0 Å². The molecule has 0 bridgehead atoms. The lowest BCUT2D eigenvalue weighted by molar-refractivity contribution is -0.159. The number of alkyl carbamates (subject to hydrolysis) is 1. The van der Waals surface area contributed by atoms with Crippen LogP contribution in [0.25, 0.3) is 0 Å². The van der Waals surface area contributed by atoms with Crippen molar-refractivity contribution in [2.75, 3.05) is 0 Å². The number of amides is 3. The number of nitrogens with one attached hydrogen (secondary N) is 2. The molecular weight excluding hydrogens is 586 g/mol. The van der Waals surface area contributed by atoms with E-state index in [1.807, 2.05) is 37.3 Å². The van der Waals surface area contributed by atoms with Gasteiger partial charge in [-0.25, -0.2) is 9.59 Å². The van der Waals surface area contributed by atoms with Crippen molar-refractivity contribution in [1.29, 1.82) is 0 Å². The number of rotatable bonds is 13. The molecule has 2 aromatic rings. The van der Waals surface area contributed by atoms with E-state index >= 15 is 0 Å². The van der Waals surface area contributed by atoms with Crippen LogP contribution in [0.15, 0.2) is 54.6 Å². The fourth-order valence-corrected chi connectivity index (χ4v) is 4.89. The van der Waals surface area contributed by atoms with E-state index < -0.39 is 59.2 Å². The highest BCUT2D eigenvalue weighted by atomic mass is 16.6. The molecule has 0 heterocycles. The highest BCUT2D eigenvalue weighted by Crippen LogP contribution is 2.33. The minimum absolute atomic E-state index is 0.141. The van der Waals surface area contributed by atoms with E-state index in [1.165, 1.54) is 17.9 Å². The van der Waals surface area contributed by atoms with Crippen LogP contribution in [0.5, 0.6) is 5.75 Å². The van der Waals surface area contributed by atoms with Gasteiger partial charge in [-0.15, -0.1) is 0 Å². The number of ether oxygens (including phenoxy) is 2. The average Bonchev–Trinajstić information content (AvgIpc) is 2.93. The first-order valence-electron chi connectivity index (χ1n) is 16.0. The van der Waals surface area contributed by atoms with Crippen LogP contribution in [0.4, 0.5) is 4.79 Å². The monoisotopic (exact) mass is 639 g/mol. The molecule has 2 aromatic carbocycles. The molecule has 0 fully saturated rings. The summed E-state index contributed by atoms with van der Waals surface area (Å²) in [7, 11) is 0. The second kappa shape index (κ2) is 16.5. The van der Waals surface area contributed by atoms with Gasteiger partial charge in [0.25, 0.3) is 0 Å². The van der Waals surface area contributed by atoms with Gasteiger partial charge in [0.15, 0.2) is 0 Å². The number of phenolic OH excluding ortho intramolecular Hbond substituents is 1. The quantitative estimate of drug-likeness (QED) is 0.227. The highest BCUT2D eigenvalue weighted by Gasteiger charge is 2.40. The number of benzene rings is 2. The first-order chi connectivity index (χ1) is 21.3. The zero-order valence-electron chi connectivity index (χ0n) is 29.0. The molecular formula is C36H53N3O7. The molecule has 3 amide bonds. The molecule has 0 radical (unpaired) electrons. The number of carbonyl (C=O) groups excluding carboxylic acids is 4. The highest BCUT2D eigenvalue weighted by molar-refractivity contribution is 5.94. The molecule has 2 rings (SSSR count). The summed E-state index contributed by atoms with van der Waals surface area (Å²) < 4.78 is 11.1. The molecule has 10 nitrogen and oxygen atoms in total. The number of carbonyl (C=O) groups is 4. The van der Waals surface area contributed by atoms with Crippen molar-refractivity contribution < 1.29 is 33.8 Å². The second-order valence-electron chi connectivity index (χ2n) is 14.2. The Morgan fingerprint density at radius 2 is 1.35 bits per heavy atom. The number of phenols is 1.